The Morgan fingerprint density at radius 2 is 1.67 bits per heavy atom. The third kappa shape index (κ3) is 11.8. The van der Waals surface area contributed by atoms with Crippen molar-refractivity contribution < 1.29 is 52.4 Å². The Morgan fingerprint density at radius 3 is 2.27 bits per heavy atom. The van der Waals surface area contributed by atoms with Crippen LogP contribution in [-0.4, -0.2) is 78.5 Å². The number of amides is 3. The molecular formula is C44H54FN5O10. The van der Waals surface area contributed by atoms with Crippen LogP contribution in [-0.2, 0) is 30.3 Å². The second-order valence-electron chi connectivity index (χ2n) is 16.6. The third-order valence-electron chi connectivity index (χ3n) is 9.19. The number of hydrogen-bond donors (Lipinski definition) is 4. The normalized spacial score (nSPS) is 15.1. The molecule has 0 aliphatic carbocycles. The number of nitrogens with one attached hydrogen (secondary N) is 3. The Bertz CT molecular complexity index is 2190. The Labute approximate surface area is 348 Å². The number of carbonyl (C=O) groups excluding carboxylic acids is 3. The minimum atomic E-state index is -1.16. The highest BCUT2D eigenvalue weighted by Gasteiger charge is 2.35. The highest BCUT2D eigenvalue weighted by molar-refractivity contribution is 6.14. The maximum Gasteiger partial charge on any atom is 0.425 e. The third-order valence-corrected chi connectivity index (χ3v) is 9.19. The van der Waals surface area contributed by atoms with Crippen LogP contribution in [0.2, 0.25) is 0 Å². The van der Waals surface area contributed by atoms with Crippen molar-refractivity contribution in [2.24, 2.45) is 0 Å². The molecule has 60 heavy (non-hydrogen) atoms. The monoisotopic (exact) mass is 831 g/mol. The molecule has 0 spiro atoms. The molecule has 4 aromatic rings. The van der Waals surface area contributed by atoms with Crippen molar-refractivity contribution >= 4 is 52.2 Å². The van der Waals surface area contributed by atoms with E-state index in [0.29, 0.717) is 53.8 Å². The summed E-state index contributed by atoms with van der Waals surface area (Å²) in [6.45, 7) is 15.0. The van der Waals surface area contributed by atoms with E-state index in [-0.39, 0.29) is 35.9 Å². The van der Waals surface area contributed by atoms with Gasteiger partial charge in [-0.3, -0.25) is 5.32 Å². The standard InChI is InChI=1S/C44H54FN5O10/c1-25-18-28(10-12-33(25)26(2)23-57-40(53)49-31-20-29(22-46-9)37(35(45)21-31)58-32-15-17-56-24-32)36(39(51)52)48-30-11-13-34-27(19-30)14-16-47-38(34)50(41(54)59-43(3,4)5)42(55)60-44(6,7)8/h10-14,16,18-21,26,32,36,46,48H,15,17,22-24H2,1-9H3,(H,49,53)(H,51,52). The Balaban J connectivity index is 1.28. The fraction of sp³-hybridized carbons (Fsp3) is 0.432. The number of aryl methyl sites for hydroxylation is 1. The molecule has 1 aromatic heterocycles. The smallest absolute Gasteiger partial charge is 0.425 e. The van der Waals surface area contributed by atoms with Gasteiger partial charge in [-0.05, 0) is 108 Å². The molecule has 1 aliphatic heterocycles. The number of aliphatic carboxylic acids is 1. The summed E-state index contributed by atoms with van der Waals surface area (Å²) in [6.07, 6.45) is -0.859. The molecule has 1 saturated heterocycles. The number of nitrogens with zero attached hydrogens (tertiary/aromatic N) is 2. The van der Waals surface area contributed by atoms with Gasteiger partial charge in [-0.15, -0.1) is 0 Å². The number of pyridine rings is 1. The maximum atomic E-state index is 15.2. The topological polar surface area (TPSA) is 187 Å². The van der Waals surface area contributed by atoms with E-state index >= 15 is 4.39 Å². The van der Waals surface area contributed by atoms with E-state index in [0.717, 1.165) is 16.0 Å². The summed E-state index contributed by atoms with van der Waals surface area (Å²) in [5.41, 5.74) is 1.44. The first kappa shape index (κ1) is 45.1. The molecular weight excluding hydrogens is 778 g/mol. The zero-order valence-corrected chi connectivity index (χ0v) is 35.4. The quantitative estimate of drug-likeness (QED) is 0.0937. The van der Waals surface area contributed by atoms with Gasteiger partial charge in [-0.1, -0.05) is 25.1 Å². The molecule has 1 fully saturated rings. The van der Waals surface area contributed by atoms with Crippen molar-refractivity contribution in [3.63, 3.8) is 0 Å². The SMILES string of the molecule is CNCc1cc(NC(=O)OCC(C)c2ccc(C(Nc3ccc4c(N(C(=O)OC(C)(C)C)C(=O)OC(C)(C)C)nccc4c3)C(=O)O)cc2C)cc(F)c1OC1CCOC1. The molecule has 3 atom stereocenters. The summed E-state index contributed by atoms with van der Waals surface area (Å²) in [5.74, 6) is -1.92. The summed E-state index contributed by atoms with van der Waals surface area (Å²) in [5, 5.41) is 20.0. The number of carbonyl (C=O) groups is 4. The lowest BCUT2D eigenvalue weighted by Crippen LogP contribution is -2.44. The van der Waals surface area contributed by atoms with Crippen molar-refractivity contribution in [3.05, 3.63) is 88.9 Å². The van der Waals surface area contributed by atoms with Gasteiger partial charge in [-0.2, -0.15) is 4.90 Å². The molecule has 2 heterocycles. The van der Waals surface area contributed by atoms with Crippen LogP contribution >= 0.6 is 0 Å². The van der Waals surface area contributed by atoms with Crippen LogP contribution in [0, 0.1) is 12.7 Å². The van der Waals surface area contributed by atoms with Crippen molar-refractivity contribution in [2.45, 2.75) is 97.6 Å². The van der Waals surface area contributed by atoms with Crippen LogP contribution in [0.4, 0.5) is 36.0 Å². The first-order chi connectivity index (χ1) is 28.2. The van der Waals surface area contributed by atoms with Gasteiger partial charge in [0.25, 0.3) is 0 Å². The van der Waals surface area contributed by atoms with Crippen LogP contribution in [0.1, 0.15) is 89.1 Å². The second kappa shape index (κ2) is 18.9. The number of carboxylic acids is 1. The lowest BCUT2D eigenvalue weighted by atomic mass is 9.93. The van der Waals surface area contributed by atoms with Gasteiger partial charge in [0.05, 0.1) is 19.8 Å². The Kier molecular flexibility index (Phi) is 14.2. The highest BCUT2D eigenvalue weighted by Crippen LogP contribution is 2.33. The Hall–Kier alpha value is -6.00. The van der Waals surface area contributed by atoms with Crippen molar-refractivity contribution in [2.75, 3.05) is 42.4 Å². The van der Waals surface area contributed by atoms with Gasteiger partial charge >= 0.3 is 24.2 Å². The van der Waals surface area contributed by atoms with Gasteiger partial charge < -0.3 is 39.4 Å². The fourth-order valence-corrected chi connectivity index (χ4v) is 6.57. The number of benzene rings is 3. The minimum Gasteiger partial charge on any atom is -0.485 e. The van der Waals surface area contributed by atoms with Gasteiger partial charge in [-0.25, -0.2) is 28.6 Å². The minimum absolute atomic E-state index is 0.00538. The average molecular weight is 832 g/mol. The molecule has 3 aromatic carbocycles. The number of imide groups is 1. The van der Waals surface area contributed by atoms with Crippen LogP contribution in [0.15, 0.2) is 60.8 Å². The van der Waals surface area contributed by atoms with Gasteiger partial charge in [0.15, 0.2) is 23.4 Å². The molecule has 0 radical (unpaired) electrons. The molecule has 0 bridgehead atoms. The predicted octanol–water partition coefficient (Wildman–Crippen LogP) is 8.84. The zero-order valence-electron chi connectivity index (χ0n) is 35.4. The lowest BCUT2D eigenvalue weighted by Gasteiger charge is -2.28. The summed E-state index contributed by atoms with van der Waals surface area (Å²) in [6, 6.07) is 13.5. The van der Waals surface area contributed by atoms with Gasteiger partial charge in [0.2, 0.25) is 0 Å². The van der Waals surface area contributed by atoms with Crippen molar-refractivity contribution in [1.29, 1.82) is 0 Å². The molecule has 322 valence electrons. The fourth-order valence-electron chi connectivity index (χ4n) is 6.57. The number of anilines is 3. The number of hydrogen-bond acceptors (Lipinski definition) is 12. The van der Waals surface area contributed by atoms with Crippen LogP contribution < -0.4 is 25.6 Å². The van der Waals surface area contributed by atoms with E-state index in [1.54, 1.807) is 97.1 Å². The van der Waals surface area contributed by atoms with Gasteiger partial charge in [0, 0.05) is 53.5 Å². The first-order valence-corrected chi connectivity index (χ1v) is 19.6. The number of ether oxygens (including phenoxy) is 5. The molecule has 0 saturated carbocycles. The molecule has 16 heteroatoms. The number of fused-ring (bicyclic) bond motifs is 1. The second-order valence-corrected chi connectivity index (χ2v) is 16.6. The van der Waals surface area contributed by atoms with E-state index < -0.39 is 47.3 Å². The van der Waals surface area contributed by atoms with E-state index in [9.17, 15) is 24.3 Å². The predicted molar refractivity (Wildman–Crippen MR) is 224 cm³/mol. The molecule has 15 nitrogen and oxygen atoms in total. The number of halogens is 1. The van der Waals surface area contributed by atoms with Crippen molar-refractivity contribution in [3.8, 4) is 5.75 Å². The maximum absolute atomic E-state index is 15.2. The van der Waals surface area contributed by atoms with E-state index in [1.165, 1.54) is 12.3 Å². The molecule has 1 aliphatic rings. The van der Waals surface area contributed by atoms with Crippen molar-refractivity contribution in [1.82, 2.24) is 10.3 Å². The first-order valence-electron chi connectivity index (χ1n) is 19.6. The van der Waals surface area contributed by atoms with Crippen LogP contribution in [0.3, 0.4) is 0 Å². The Morgan fingerprint density at radius 1 is 0.967 bits per heavy atom. The summed E-state index contributed by atoms with van der Waals surface area (Å²) >= 11 is 0. The van der Waals surface area contributed by atoms with Crippen LogP contribution in [0.5, 0.6) is 5.75 Å². The van der Waals surface area contributed by atoms with E-state index in [1.807, 2.05) is 13.8 Å². The molecule has 4 N–H and O–H groups in total. The number of carboxylic acid groups (broad SMARTS) is 1. The highest BCUT2D eigenvalue weighted by atomic mass is 19.1. The number of rotatable bonds is 13. The molecule has 3 amide bonds. The number of aromatic nitrogens is 1. The van der Waals surface area contributed by atoms with Gasteiger partial charge in [0.1, 0.15) is 17.3 Å². The largest absolute Gasteiger partial charge is 0.485 e. The summed E-state index contributed by atoms with van der Waals surface area (Å²) < 4.78 is 42.9. The van der Waals surface area contributed by atoms with E-state index in [2.05, 4.69) is 20.9 Å². The molecule has 3 unspecified atom stereocenters. The summed E-state index contributed by atoms with van der Waals surface area (Å²) in [4.78, 5) is 57.2. The lowest BCUT2D eigenvalue weighted by molar-refractivity contribution is -0.138. The van der Waals surface area contributed by atoms with Crippen LogP contribution in [0.25, 0.3) is 10.8 Å². The average Bonchev–Trinajstić information content (AvgIpc) is 3.66. The van der Waals surface area contributed by atoms with E-state index in [4.69, 9.17) is 23.7 Å². The molecule has 5 rings (SSSR count). The zero-order chi connectivity index (χ0) is 43.9. The summed E-state index contributed by atoms with van der Waals surface area (Å²) in [7, 11) is 1.73.